The quantitative estimate of drug-likeness (QED) is 0.183. The summed E-state index contributed by atoms with van der Waals surface area (Å²) in [5.74, 6) is -3.00. The van der Waals surface area contributed by atoms with Crippen LogP contribution in [0.2, 0.25) is 0 Å². The highest BCUT2D eigenvalue weighted by Gasteiger charge is 2.14. The Kier molecular flexibility index (Phi) is 18.8. The molecule has 216 valence electrons. The fraction of sp³-hybridized carbons (Fsp3) is 0.615. The Morgan fingerprint density at radius 3 is 1.79 bits per heavy atom. The number of ether oxygens (including phenoxy) is 1. The molecule has 1 rings (SSSR count). The molecule has 0 aliphatic carbocycles. The van der Waals surface area contributed by atoms with Gasteiger partial charge >= 0.3 is 18.0 Å². The molecule has 0 bridgehead atoms. The van der Waals surface area contributed by atoms with Crippen molar-refractivity contribution in [2.75, 3.05) is 70.8 Å². The number of carbonyl (C=O) groups is 4. The maximum absolute atomic E-state index is 12.8. The number of urea groups is 1. The molecule has 0 spiro atoms. The fourth-order valence-electron chi connectivity index (χ4n) is 3.37. The number of hydrogen-bond acceptors (Lipinski definition) is 7. The predicted octanol–water partition coefficient (Wildman–Crippen LogP) is 2.26. The number of aliphatic carboxylic acids is 2. The molecular formula is C26H45N5O7. The van der Waals surface area contributed by atoms with Crippen molar-refractivity contribution in [3.05, 3.63) is 24.3 Å². The molecule has 0 heterocycles. The Balaban J connectivity index is 0.00000203. The molecule has 12 nitrogen and oxygen atoms in total. The lowest BCUT2D eigenvalue weighted by molar-refractivity contribution is -0.159. The first-order chi connectivity index (χ1) is 18.1. The van der Waals surface area contributed by atoms with Crippen LogP contribution >= 0.6 is 0 Å². The second kappa shape index (κ2) is 20.7. The number of nitrogens with zero attached hydrogens (tertiary/aromatic N) is 3. The van der Waals surface area contributed by atoms with Crippen LogP contribution in [0, 0.1) is 0 Å². The minimum Gasteiger partial charge on any atom is -0.494 e. The number of nitrogens with one attached hydrogen (secondary N) is 2. The van der Waals surface area contributed by atoms with E-state index in [4.69, 9.17) is 24.5 Å². The molecule has 4 N–H and O–H groups in total. The Morgan fingerprint density at radius 1 is 0.789 bits per heavy atom. The van der Waals surface area contributed by atoms with Gasteiger partial charge in [0.2, 0.25) is 5.91 Å². The van der Waals surface area contributed by atoms with Gasteiger partial charge in [-0.1, -0.05) is 27.7 Å². The zero-order valence-corrected chi connectivity index (χ0v) is 23.4. The summed E-state index contributed by atoms with van der Waals surface area (Å²) >= 11 is 0. The average Bonchev–Trinajstić information content (AvgIpc) is 2.89. The number of amides is 3. The average molecular weight is 540 g/mol. The van der Waals surface area contributed by atoms with E-state index >= 15 is 0 Å². The highest BCUT2D eigenvalue weighted by Crippen LogP contribution is 2.15. The molecule has 0 fully saturated rings. The molecular weight excluding hydrogens is 494 g/mol. The van der Waals surface area contributed by atoms with Gasteiger partial charge in [0, 0.05) is 45.3 Å². The van der Waals surface area contributed by atoms with Crippen molar-refractivity contribution < 1.29 is 34.1 Å². The van der Waals surface area contributed by atoms with Gasteiger partial charge < -0.3 is 40.3 Å². The van der Waals surface area contributed by atoms with E-state index in [0.29, 0.717) is 26.2 Å². The number of anilines is 1. The molecule has 0 saturated carbocycles. The summed E-state index contributed by atoms with van der Waals surface area (Å²) in [7, 11) is 0. The second-order valence-corrected chi connectivity index (χ2v) is 8.29. The normalized spacial score (nSPS) is 10.4. The zero-order chi connectivity index (χ0) is 28.9. The molecule has 1 aromatic rings. The Bertz CT molecular complexity index is 816. The summed E-state index contributed by atoms with van der Waals surface area (Å²) in [5.41, 5.74) is 0.744. The van der Waals surface area contributed by atoms with Crippen molar-refractivity contribution in [2.24, 2.45) is 0 Å². The van der Waals surface area contributed by atoms with Gasteiger partial charge in [-0.05, 0) is 56.9 Å². The van der Waals surface area contributed by atoms with Crippen LogP contribution in [0.15, 0.2) is 24.3 Å². The smallest absolute Gasteiger partial charge is 0.414 e. The minimum absolute atomic E-state index is 0.0102. The third-order valence-electron chi connectivity index (χ3n) is 5.67. The Labute approximate surface area is 225 Å². The standard InChI is InChI=1S/C24H43N5O3.C2H2O4/c1-6-27(7-2)17-15-25-24(31)29(19-18-28(8-3)9-4)16-10-20-32-23-13-11-22(12-14-23)26-21(5)30;3-1(4)2(5)6/h11-14H,6-10,15-20H2,1-5H3,(H,25,31)(H,26,30);(H,3,4)(H,5,6). The third-order valence-corrected chi connectivity index (χ3v) is 5.67. The summed E-state index contributed by atoms with van der Waals surface area (Å²) in [6.07, 6.45) is 0.745. The summed E-state index contributed by atoms with van der Waals surface area (Å²) in [6, 6.07) is 7.29. The lowest BCUT2D eigenvalue weighted by Crippen LogP contribution is -2.46. The van der Waals surface area contributed by atoms with Crippen molar-refractivity contribution >= 4 is 29.6 Å². The number of hydrogen-bond donors (Lipinski definition) is 4. The monoisotopic (exact) mass is 539 g/mol. The van der Waals surface area contributed by atoms with Gasteiger partial charge in [-0.25, -0.2) is 14.4 Å². The number of carboxylic acid groups (broad SMARTS) is 2. The zero-order valence-electron chi connectivity index (χ0n) is 23.4. The van der Waals surface area contributed by atoms with E-state index in [1.165, 1.54) is 6.92 Å². The van der Waals surface area contributed by atoms with Gasteiger partial charge in [-0.3, -0.25) is 4.79 Å². The lowest BCUT2D eigenvalue weighted by Gasteiger charge is -2.27. The predicted molar refractivity (Wildman–Crippen MR) is 147 cm³/mol. The largest absolute Gasteiger partial charge is 0.494 e. The first-order valence-electron chi connectivity index (χ1n) is 13.0. The molecule has 0 aromatic heterocycles. The van der Waals surface area contributed by atoms with E-state index in [9.17, 15) is 9.59 Å². The molecule has 0 unspecified atom stereocenters. The van der Waals surface area contributed by atoms with E-state index in [1.807, 2.05) is 29.2 Å². The number of carboxylic acids is 2. The van der Waals surface area contributed by atoms with E-state index in [0.717, 1.165) is 57.1 Å². The second-order valence-electron chi connectivity index (χ2n) is 8.29. The van der Waals surface area contributed by atoms with Crippen molar-refractivity contribution in [3.8, 4) is 5.75 Å². The van der Waals surface area contributed by atoms with Crippen LogP contribution in [-0.4, -0.2) is 114 Å². The van der Waals surface area contributed by atoms with E-state index < -0.39 is 11.9 Å². The van der Waals surface area contributed by atoms with Gasteiger partial charge in [-0.15, -0.1) is 0 Å². The fourth-order valence-corrected chi connectivity index (χ4v) is 3.37. The molecule has 0 aliphatic rings. The van der Waals surface area contributed by atoms with Crippen molar-refractivity contribution in [1.82, 2.24) is 20.0 Å². The Morgan fingerprint density at radius 2 is 1.32 bits per heavy atom. The van der Waals surface area contributed by atoms with Gasteiger partial charge in [0.05, 0.1) is 6.61 Å². The summed E-state index contributed by atoms with van der Waals surface area (Å²) in [5, 5.41) is 20.6. The molecule has 12 heteroatoms. The van der Waals surface area contributed by atoms with E-state index in [-0.39, 0.29) is 11.9 Å². The molecule has 0 radical (unpaired) electrons. The lowest BCUT2D eigenvalue weighted by atomic mass is 10.3. The van der Waals surface area contributed by atoms with Gasteiger partial charge in [0.1, 0.15) is 5.75 Å². The van der Waals surface area contributed by atoms with Gasteiger partial charge in [0.15, 0.2) is 0 Å². The van der Waals surface area contributed by atoms with Gasteiger partial charge in [0.25, 0.3) is 0 Å². The van der Waals surface area contributed by atoms with Crippen molar-refractivity contribution in [1.29, 1.82) is 0 Å². The van der Waals surface area contributed by atoms with Crippen LogP contribution in [0.3, 0.4) is 0 Å². The number of likely N-dealkylation sites (N-methyl/N-ethyl adjacent to an activating group) is 2. The van der Waals surface area contributed by atoms with Crippen molar-refractivity contribution in [3.63, 3.8) is 0 Å². The van der Waals surface area contributed by atoms with E-state index in [2.05, 4.69) is 48.1 Å². The highest BCUT2D eigenvalue weighted by atomic mass is 16.5. The number of carbonyl (C=O) groups excluding carboxylic acids is 2. The summed E-state index contributed by atoms with van der Waals surface area (Å²) in [4.78, 5) is 48.6. The molecule has 3 amide bonds. The molecule has 0 atom stereocenters. The molecule has 0 saturated heterocycles. The van der Waals surface area contributed by atoms with E-state index in [1.54, 1.807) is 0 Å². The van der Waals surface area contributed by atoms with Crippen LogP contribution in [0.4, 0.5) is 10.5 Å². The van der Waals surface area contributed by atoms with Crippen LogP contribution in [-0.2, 0) is 14.4 Å². The summed E-state index contributed by atoms with van der Waals surface area (Å²) < 4.78 is 5.82. The maximum Gasteiger partial charge on any atom is 0.414 e. The topological polar surface area (TPSA) is 152 Å². The number of rotatable bonds is 16. The highest BCUT2D eigenvalue weighted by molar-refractivity contribution is 6.27. The first-order valence-corrected chi connectivity index (χ1v) is 13.0. The molecule has 38 heavy (non-hydrogen) atoms. The Hall–Kier alpha value is -3.38. The van der Waals surface area contributed by atoms with Crippen LogP contribution < -0.4 is 15.4 Å². The SMILES string of the molecule is CCN(CC)CCNC(=O)N(CCCOc1ccc(NC(C)=O)cc1)CCN(CC)CC.O=C(O)C(=O)O. The summed E-state index contributed by atoms with van der Waals surface area (Å²) in [6.45, 7) is 18.2. The number of benzene rings is 1. The van der Waals surface area contributed by atoms with Crippen molar-refractivity contribution in [2.45, 2.75) is 41.0 Å². The third kappa shape index (κ3) is 16.4. The van der Waals surface area contributed by atoms with Crippen LogP contribution in [0.25, 0.3) is 0 Å². The maximum atomic E-state index is 12.8. The van der Waals surface area contributed by atoms with Gasteiger partial charge in [-0.2, -0.15) is 0 Å². The first kappa shape index (κ1) is 34.6. The van der Waals surface area contributed by atoms with Crippen LogP contribution in [0.1, 0.15) is 41.0 Å². The molecule has 1 aromatic carbocycles. The molecule has 0 aliphatic heterocycles. The van der Waals surface area contributed by atoms with Crippen LogP contribution in [0.5, 0.6) is 5.75 Å². The minimum atomic E-state index is -1.82.